The summed E-state index contributed by atoms with van der Waals surface area (Å²) < 4.78 is 5.49. The van der Waals surface area contributed by atoms with E-state index in [0.717, 1.165) is 0 Å². The van der Waals surface area contributed by atoms with Gasteiger partial charge >= 0.3 is 6.09 Å². The number of ether oxygens (including phenoxy) is 1. The second-order valence-electron chi connectivity index (χ2n) is 5.93. The van der Waals surface area contributed by atoms with Gasteiger partial charge < -0.3 is 15.0 Å². The van der Waals surface area contributed by atoms with Crippen LogP contribution in [-0.4, -0.2) is 27.6 Å². The lowest BCUT2D eigenvalue weighted by molar-refractivity contribution is 0.0635. The number of anilines is 2. The van der Waals surface area contributed by atoms with E-state index in [-0.39, 0.29) is 5.91 Å². The largest absolute Gasteiger partial charge is 0.444 e. The Hall–Kier alpha value is -2.74. The minimum Gasteiger partial charge on any atom is -0.444 e. The molecule has 126 valence electrons. The molecule has 2 heterocycles. The Morgan fingerprint density at radius 3 is 2.54 bits per heavy atom. The molecule has 0 unspecified atom stereocenters. The SMILES string of the molecule is CC(C)(C)OC(=O)Nc1ccc(NC(=O)c2ccc[nH]c2=S)cn1. The van der Waals surface area contributed by atoms with E-state index in [1.54, 1.807) is 51.2 Å². The Labute approximate surface area is 144 Å². The summed E-state index contributed by atoms with van der Waals surface area (Å²) in [5.41, 5.74) is 0.253. The van der Waals surface area contributed by atoms with Crippen molar-refractivity contribution in [3.63, 3.8) is 0 Å². The lowest BCUT2D eigenvalue weighted by Crippen LogP contribution is -2.27. The number of aromatic nitrogens is 2. The van der Waals surface area contributed by atoms with Gasteiger partial charge in [-0.3, -0.25) is 10.1 Å². The summed E-state index contributed by atoms with van der Waals surface area (Å²) in [7, 11) is 0. The van der Waals surface area contributed by atoms with E-state index >= 15 is 0 Å². The maximum Gasteiger partial charge on any atom is 0.413 e. The van der Waals surface area contributed by atoms with Gasteiger partial charge in [-0.1, -0.05) is 12.2 Å². The van der Waals surface area contributed by atoms with Gasteiger partial charge in [-0.05, 0) is 45.0 Å². The fourth-order valence-electron chi connectivity index (χ4n) is 1.75. The maximum atomic E-state index is 12.1. The van der Waals surface area contributed by atoms with Crippen molar-refractivity contribution >= 4 is 35.7 Å². The minimum absolute atomic E-state index is 0.319. The number of pyridine rings is 2. The monoisotopic (exact) mass is 346 g/mol. The van der Waals surface area contributed by atoms with Crippen molar-refractivity contribution in [2.24, 2.45) is 0 Å². The predicted molar refractivity (Wildman–Crippen MR) is 93.7 cm³/mol. The van der Waals surface area contributed by atoms with Gasteiger partial charge in [0.2, 0.25) is 0 Å². The third-order valence-electron chi connectivity index (χ3n) is 2.71. The van der Waals surface area contributed by atoms with Crippen molar-refractivity contribution in [1.82, 2.24) is 9.97 Å². The van der Waals surface area contributed by atoms with Crippen LogP contribution in [-0.2, 0) is 4.74 Å². The number of nitrogens with zero attached hydrogens (tertiary/aromatic N) is 1. The third kappa shape index (κ3) is 5.17. The molecule has 0 saturated carbocycles. The van der Waals surface area contributed by atoms with E-state index in [1.165, 1.54) is 6.20 Å². The van der Waals surface area contributed by atoms with Gasteiger partial charge in [-0.2, -0.15) is 0 Å². The maximum absolute atomic E-state index is 12.1. The van der Waals surface area contributed by atoms with Crippen LogP contribution < -0.4 is 10.6 Å². The van der Waals surface area contributed by atoms with Gasteiger partial charge in [-0.25, -0.2) is 9.78 Å². The van der Waals surface area contributed by atoms with Crippen LogP contribution >= 0.6 is 12.2 Å². The molecule has 0 aliphatic rings. The van der Waals surface area contributed by atoms with E-state index in [4.69, 9.17) is 17.0 Å². The van der Waals surface area contributed by atoms with E-state index in [2.05, 4.69) is 20.6 Å². The summed E-state index contributed by atoms with van der Waals surface area (Å²) >= 11 is 5.06. The molecule has 0 bridgehead atoms. The average Bonchev–Trinajstić information content (AvgIpc) is 2.47. The normalized spacial score (nSPS) is 10.8. The number of rotatable bonds is 3. The summed E-state index contributed by atoms with van der Waals surface area (Å²) in [6.45, 7) is 5.31. The zero-order valence-electron chi connectivity index (χ0n) is 13.5. The molecule has 0 aliphatic carbocycles. The van der Waals surface area contributed by atoms with Crippen LogP contribution in [0.5, 0.6) is 0 Å². The zero-order valence-corrected chi connectivity index (χ0v) is 14.4. The molecule has 2 amide bonds. The second kappa shape index (κ2) is 7.22. The van der Waals surface area contributed by atoms with E-state index in [0.29, 0.717) is 21.7 Å². The van der Waals surface area contributed by atoms with Crippen LogP contribution in [0.1, 0.15) is 31.1 Å². The first-order chi connectivity index (χ1) is 11.2. The first kappa shape index (κ1) is 17.6. The van der Waals surface area contributed by atoms with Gasteiger partial charge in [-0.15, -0.1) is 0 Å². The van der Waals surface area contributed by atoms with Gasteiger partial charge in [0.25, 0.3) is 5.91 Å². The average molecular weight is 346 g/mol. The molecule has 0 fully saturated rings. The van der Waals surface area contributed by atoms with Gasteiger partial charge in [0.15, 0.2) is 0 Å². The summed E-state index contributed by atoms with van der Waals surface area (Å²) in [5.74, 6) is -0.0225. The highest BCUT2D eigenvalue weighted by atomic mass is 32.1. The van der Waals surface area contributed by atoms with Gasteiger partial charge in [0, 0.05) is 6.20 Å². The minimum atomic E-state index is -0.595. The molecule has 7 nitrogen and oxygen atoms in total. The first-order valence-electron chi connectivity index (χ1n) is 7.20. The molecule has 2 rings (SSSR count). The Kier molecular flexibility index (Phi) is 5.30. The van der Waals surface area contributed by atoms with Crippen molar-refractivity contribution in [3.05, 3.63) is 46.9 Å². The number of carbonyl (C=O) groups excluding carboxylic acids is 2. The van der Waals surface area contributed by atoms with Gasteiger partial charge in [0.05, 0.1) is 17.4 Å². The second-order valence-corrected chi connectivity index (χ2v) is 6.33. The highest BCUT2D eigenvalue weighted by molar-refractivity contribution is 7.71. The highest BCUT2D eigenvalue weighted by Gasteiger charge is 2.16. The molecule has 0 atom stereocenters. The Bertz CT molecular complexity index is 794. The predicted octanol–water partition coefficient (Wildman–Crippen LogP) is 3.74. The molecular formula is C16H18N4O3S. The fourth-order valence-corrected chi connectivity index (χ4v) is 1.98. The molecule has 2 aromatic heterocycles. The van der Waals surface area contributed by atoms with Crippen molar-refractivity contribution in [1.29, 1.82) is 0 Å². The molecular weight excluding hydrogens is 328 g/mol. The molecule has 0 aliphatic heterocycles. The third-order valence-corrected chi connectivity index (χ3v) is 3.05. The Morgan fingerprint density at radius 2 is 1.96 bits per heavy atom. The molecule has 2 aromatic rings. The lowest BCUT2D eigenvalue weighted by atomic mass is 10.2. The van der Waals surface area contributed by atoms with Crippen molar-refractivity contribution in [2.45, 2.75) is 26.4 Å². The smallest absolute Gasteiger partial charge is 0.413 e. The molecule has 0 saturated heterocycles. The summed E-state index contributed by atoms with van der Waals surface area (Å²) in [6.07, 6.45) is 2.49. The van der Waals surface area contributed by atoms with Crippen LogP contribution in [0.25, 0.3) is 0 Å². The van der Waals surface area contributed by atoms with Gasteiger partial charge in [0.1, 0.15) is 16.1 Å². The molecule has 0 radical (unpaired) electrons. The number of hydrogen-bond donors (Lipinski definition) is 3. The number of carbonyl (C=O) groups is 2. The van der Waals surface area contributed by atoms with Crippen LogP contribution in [0.2, 0.25) is 0 Å². The highest BCUT2D eigenvalue weighted by Crippen LogP contribution is 2.13. The van der Waals surface area contributed by atoms with Crippen LogP contribution in [0.3, 0.4) is 0 Å². The Balaban J connectivity index is 2.00. The number of amides is 2. The molecule has 0 spiro atoms. The summed E-state index contributed by atoms with van der Waals surface area (Å²) in [6, 6.07) is 6.50. The topological polar surface area (TPSA) is 96.1 Å². The van der Waals surface area contributed by atoms with E-state index in [1.807, 2.05) is 0 Å². The first-order valence-corrected chi connectivity index (χ1v) is 7.60. The van der Waals surface area contributed by atoms with E-state index in [9.17, 15) is 9.59 Å². The molecule has 24 heavy (non-hydrogen) atoms. The molecule has 3 N–H and O–H groups in total. The van der Waals surface area contributed by atoms with E-state index < -0.39 is 11.7 Å². The van der Waals surface area contributed by atoms with Crippen molar-refractivity contribution in [3.8, 4) is 0 Å². The van der Waals surface area contributed by atoms with Crippen LogP contribution in [0.4, 0.5) is 16.3 Å². The zero-order chi connectivity index (χ0) is 17.7. The van der Waals surface area contributed by atoms with Crippen LogP contribution in [0, 0.1) is 4.64 Å². The quantitative estimate of drug-likeness (QED) is 0.736. The number of nitrogens with one attached hydrogen (secondary N) is 3. The Morgan fingerprint density at radius 1 is 1.21 bits per heavy atom. The van der Waals surface area contributed by atoms with Crippen molar-refractivity contribution < 1.29 is 14.3 Å². The fraction of sp³-hybridized carbons (Fsp3) is 0.250. The summed E-state index contributed by atoms with van der Waals surface area (Å²) in [4.78, 5) is 30.6. The van der Waals surface area contributed by atoms with Crippen molar-refractivity contribution in [2.75, 3.05) is 10.6 Å². The number of H-pyrrole nitrogens is 1. The van der Waals surface area contributed by atoms with Crippen LogP contribution in [0.15, 0.2) is 36.7 Å². The molecule has 8 heteroatoms. The summed E-state index contributed by atoms with van der Waals surface area (Å²) in [5, 5.41) is 5.20. The standard InChI is InChI=1S/C16H18N4O3S/c1-16(2,3)23-15(22)20-12-7-6-10(9-18-12)19-13(21)11-5-4-8-17-14(11)24/h4-9H,1-3H3,(H,17,24)(H,19,21)(H,18,20,22). The number of hydrogen-bond acceptors (Lipinski definition) is 5. The number of aromatic amines is 1. The molecule has 0 aromatic carbocycles. The lowest BCUT2D eigenvalue weighted by Gasteiger charge is -2.19.